The van der Waals surface area contributed by atoms with Gasteiger partial charge in [0.2, 0.25) is 5.88 Å². The lowest BCUT2D eigenvalue weighted by molar-refractivity contribution is 0.421. The third-order valence-corrected chi connectivity index (χ3v) is 5.81. The number of nitrogens with zero attached hydrogens (tertiary/aromatic N) is 1. The van der Waals surface area contributed by atoms with Crippen LogP contribution >= 0.6 is 23.2 Å². The number of hydrogen-bond donors (Lipinski definition) is 1. The van der Waals surface area contributed by atoms with E-state index < -0.39 is 4.87 Å². The van der Waals surface area contributed by atoms with Gasteiger partial charge < -0.3 is 10.3 Å². The van der Waals surface area contributed by atoms with Gasteiger partial charge in [0.1, 0.15) is 0 Å². The van der Waals surface area contributed by atoms with Crippen molar-refractivity contribution in [2.45, 2.75) is 36.5 Å². The molecule has 24 heavy (non-hydrogen) atoms. The van der Waals surface area contributed by atoms with Gasteiger partial charge in [-0.1, -0.05) is 59.2 Å². The van der Waals surface area contributed by atoms with E-state index in [1.165, 1.54) is 0 Å². The second-order valence-corrected chi connectivity index (χ2v) is 7.58. The molecule has 2 atom stereocenters. The number of rotatable bonds is 2. The van der Waals surface area contributed by atoms with Crippen molar-refractivity contribution in [2.75, 3.05) is 5.73 Å². The Bertz CT molecular complexity index is 825. The molecule has 4 rings (SSSR count). The molecule has 2 aromatic rings. The summed E-state index contributed by atoms with van der Waals surface area (Å²) in [7, 11) is 0. The molecular formula is C19H18Cl2N2O. The van der Waals surface area contributed by atoms with E-state index >= 15 is 0 Å². The van der Waals surface area contributed by atoms with Crippen molar-refractivity contribution >= 4 is 29.1 Å². The summed E-state index contributed by atoms with van der Waals surface area (Å²) in [5.74, 6) is 0.567. The summed E-state index contributed by atoms with van der Waals surface area (Å²) in [6.45, 7) is 0. The first-order chi connectivity index (χ1) is 11.6. The lowest BCUT2D eigenvalue weighted by atomic mass is 9.78. The highest BCUT2D eigenvalue weighted by atomic mass is 35.5. The zero-order valence-corrected chi connectivity index (χ0v) is 14.6. The van der Waals surface area contributed by atoms with Gasteiger partial charge in [-0.25, -0.2) is 0 Å². The minimum absolute atomic E-state index is 0.135. The zero-order valence-electron chi connectivity index (χ0n) is 13.1. The number of fused-ring (bicyclic) bond motifs is 1. The molecule has 2 N–H and O–H groups in total. The third-order valence-electron chi connectivity index (χ3n) is 4.98. The van der Waals surface area contributed by atoms with Crippen LogP contribution in [-0.4, -0.2) is 5.16 Å². The summed E-state index contributed by atoms with van der Waals surface area (Å²) >= 11 is 13.5. The SMILES string of the molecule is Nc1onc2c1CCCC2C1=C(Cl)CC(Cl)(c2ccccc2)C=C1. The molecule has 0 amide bonds. The topological polar surface area (TPSA) is 52.0 Å². The number of halogens is 2. The van der Waals surface area contributed by atoms with Gasteiger partial charge in [-0.15, -0.1) is 11.6 Å². The number of hydrogen-bond acceptors (Lipinski definition) is 3. The second kappa shape index (κ2) is 5.98. The third kappa shape index (κ3) is 2.56. The normalized spacial score (nSPS) is 26.5. The first kappa shape index (κ1) is 15.8. The van der Waals surface area contributed by atoms with Gasteiger partial charge in [0.25, 0.3) is 0 Å². The van der Waals surface area contributed by atoms with Crippen molar-refractivity contribution in [3.63, 3.8) is 0 Å². The van der Waals surface area contributed by atoms with E-state index in [2.05, 4.69) is 11.2 Å². The lowest BCUT2D eigenvalue weighted by Gasteiger charge is -2.31. The maximum atomic E-state index is 6.84. The predicted molar refractivity (Wildman–Crippen MR) is 97.2 cm³/mol. The van der Waals surface area contributed by atoms with Crippen LogP contribution in [0.1, 0.15) is 42.0 Å². The highest BCUT2D eigenvalue weighted by Crippen LogP contribution is 2.48. The first-order valence-corrected chi connectivity index (χ1v) is 8.90. The van der Waals surface area contributed by atoms with E-state index in [1.54, 1.807) is 0 Å². The molecule has 0 spiro atoms. The Kier molecular flexibility index (Phi) is 3.93. The van der Waals surface area contributed by atoms with Crippen molar-refractivity contribution in [3.8, 4) is 0 Å². The number of nitrogen functional groups attached to an aromatic ring is 1. The smallest absolute Gasteiger partial charge is 0.225 e. The number of anilines is 1. The highest BCUT2D eigenvalue weighted by molar-refractivity contribution is 6.32. The fourth-order valence-electron chi connectivity index (χ4n) is 3.70. The van der Waals surface area contributed by atoms with Crippen LogP contribution in [0.3, 0.4) is 0 Å². The molecular weight excluding hydrogens is 343 g/mol. The summed E-state index contributed by atoms with van der Waals surface area (Å²) in [5.41, 5.74) is 9.98. The summed E-state index contributed by atoms with van der Waals surface area (Å²) in [6.07, 6.45) is 7.63. The van der Waals surface area contributed by atoms with E-state index in [-0.39, 0.29) is 5.92 Å². The van der Waals surface area contributed by atoms with Crippen LogP contribution in [-0.2, 0) is 11.3 Å². The molecule has 0 saturated carbocycles. The molecule has 124 valence electrons. The Morgan fingerprint density at radius 3 is 2.79 bits per heavy atom. The van der Waals surface area contributed by atoms with Crippen LogP contribution in [0.15, 0.2) is 57.6 Å². The molecule has 0 bridgehead atoms. The quantitative estimate of drug-likeness (QED) is 0.742. The molecule has 3 nitrogen and oxygen atoms in total. The standard InChI is InChI=1S/C19H18Cl2N2O/c20-16-11-19(21,12-5-2-1-3-6-12)10-9-13(16)14-7-4-8-15-17(14)23-24-18(15)22/h1-3,5-6,9-10,14H,4,7-8,11,22H2. The van der Waals surface area contributed by atoms with Crippen LogP contribution in [0, 0.1) is 0 Å². The highest BCUT2D eigenvalue weighted by Gasteiger charge is 2.36. The van der Waals surface area contributed by atoms with E-state index in [1.807, 2.05) is 36.4 Å². The molecule has 0 aliphatic heterocycles. The van der Waals surface area contributed by atoms with Crippen molar-refractivity contribution in [1.82, 2.24) is 5.16 Å². The molecule has 0 radical (unpaired) electrons. The number of alkyl halides is 1. The van der Waals surface area contributed by atoms with E-state index in [4.69, 9.17) is 33.5 Å². The Morgan fingerprint density at radius 1 is 1.25 bits per heavy atom. The van der Waals surface area contributed by atoms with E-state index in [0.29, 0.717) is 12.3 Å². The van der Waals surface area contributed by atoms with Gasteiger partial charge in [-0.05, 0) is 30.4 Å². The van der Waals surface area contributed by atoms with Gasteiger partial charge >= 0.3 is 0 Å². The fraction of sp³-hybridized carbons (Fsp3) is 0.316. The van der Waals surface area contributed by atoms with Crippen molar-refractivity contribution in [3.05, 3.63) is 69.9 Å². The van der Waals surface area contributed by atoms with Gasteiger partial charge in [-0.3, -0.25) is 0 Å². The average molecular weight is 361 g/mol. The van der Waals surface area contributed by atoms with E-state index in [0.717, 1.165) is 46.7 Å². The number of benzene rings is 1. The molecule has 1 heterocycles. The number of allylic oxidation sites excluding steroid dienone is 4. The van der Waals surface area contributed by atoms with Gasteiger partial charge in [-0.2, -0.15) is 0 Å². The summed E-state index contributed by atoms with van der Waals surface area (Å²) in [4.78, 5) is -0.595. The van der Waals surface area contributed by atoms with Gasteiger partial charge in [0.05, 0.1) is 10.6 Å². The lowest BCUT2D eigenvalue weighted by Crippen LogP contribution is -2.21. The summed E-state index contributed by atoms with van der Waals surface area (Å²) < 4.78 is 5.20. The molecule has 5 heteroatoms. The zero-order chi connectivity index (χ0) is 16.7. The van der Waals surface area contributed by atoms with Crippen LogP contribution in [0.2, 0.25) is 0 Å². The maximum Gasteiger partial charge on any atom is 0.225 e. The van der Waals surface area contributed by atoms with Crippen molar-refractivity contribution in [2.24, 2.45) is 0 Å². The Hall–Kier alpha value is -1.71. The fourth-order valence-corrected chi connectivity index (χ4v) is 4.50. The first-order valence-electron chi connectivity index (χ1n) is 8.14. The largest absolute Gasteiger partial charge is 0.367 e. The summed E-state index contributed by atoms with van der Waals surface area (Å²) in [6, 6.07) is 10.0. The maximum absolute atomic E-state index is 6.84. The molecule has 2 aliphatic carbocycles. The molecule has 1 aromatic heterocycles. The van der Waals surface area contributed by atoms with Gasteiger partial charge in [0, 0.05) is 22.9 Å². The average Bonchev–Trinajstić information content (AvgIpc) is 2.98. The Labute approximate surface area is 151 Å². The van der Waals surface area contributed by atoms with Crippen LogP contribution < -0.4 is 5.73 Å². The Morgan fingerprint density at radius 2 is 2.04 bits per heavy atom. The second-order valence-electron chi connectivity index (χ2n) is 6.45. The number of nitrogens with two attached hydrogens (primary N) is 1. The minimum atomic E-state index is -0.595. The molecule has 2 aliphatic rings. The Balaban J connectivity index is 1.68. The number of aromatic nitrogens is 1. The summed E-state index contributed by atoms with van der Waals surface area (Å²) in [5, 5.41) is 4.97. The van der Waals surface area contributed by atoms with Gasteiger partial charge in [0.15, 0.2) is 0 Å². The van der Waals surface area contributed by atoms with Crippen molar-refractivity contribution < 1.29 is 4.52 Å². The minimum Gasteiger partial charge on any atom is -0.367 e. The van der Waals surface area contributed by atoms with Crippen LogP contribution in [0.4, 0.5) is 5.88 Å². The van der Waals surface area contributed by atoms with Crippen LogP contribution in [0.5, 0.6) is 0 Å². The molecule has 0 fully saturated rings. The predicted octanol–water partition coefficient (Wildman–Crippen LogP) is 5.26. The molecule has 0 saturated heterocycles. The van der Waals surface area contributed by atoms with Crippen molar-refractivity contribution in [1.29, 1.82) is 0 Å². The molecule has 2 unspecified atom stereocenters. The monoisotopic (exact) mass is 360 g/mol. The van der Waals surface area contributed by atoms with E-state index in [9.17, 15) is 0 Å². The molecule has 1 aromatic carbocycles. The van der Waals surface area contributed by atoms with Crippen LogP contribution in [0.25, 0.3) is 0 Å².